The Morgan fingerprint density at radius 3 is 2.79 bits per heavy atom. The maximum absolute atomic E-state index is 14.0. The molecule has 28 heavy (non-hydrogen) atoms. The number of benzene rings is 1. The molecule has 2 fully saturated rings. The van der Waals surface area contributed by atoms with Crippen LogP contribution in [0.1, 0.15) is 18.9 Å². The number of quaternary nitrogens is 1. The summed E-state index contributed by atoms with van der Waals surface area (Å²) in [6, 6.07) is 3.23. The second kappa shape index (κ2) is 6.61. The minimum atomic E-state index is -1.47. The summed E-state index contributed by atoms with van der Waals surface area (Å²) >= 11 is 0. The van der Waals surface area contributed by atoms with E-state index in [1.165, 1.54) is 32.2 Å². The van der Waals surface area contributed by atoms with Gasteiger partial charge in [0.15, 0.2) is 0 Å². The number of ether oxygens (including phenoxy) is 1. The normalized spacial score (nSPS) is 32.1. The van der Waals surface area contributed by atoms with Crippen LogP contribution in [0.2, 0.25) is 0 Å². The molecule has 0 radical (unpaired) electrons. The van der Waals surface area contributed by atoms with Crippen molar-refractivity contribution in [3.8, 4) is 0 Å². The molecule has 0 saturated carbocycles. The van der Waals surface area contributed by atoms with Gasteiger partial charge in [-0.05, 0) is 31.5 Å². The predicted molar refractivity (Wildman–Crippen MR) is 94.3 cm³/mol. The quantitative estimate of drug-likeness (QED) is 0.437. The van der Waals surface area contributed by atoms with Crippen LogP contribution >= 0.6 is 0 Å². The van der Waals surface area contributed by atoms with Gasteiger partial charge in [-0.1, -0.05) is 0 Å². The van der Waals surface area contributed by atoms with E-state index in [1.807, 2.05) is 0 Å². The lowest BCUT2D eigenvalue weighted by Gasteiger charge is -2.27. The first-order valence-electron chi connectivity index (χ1n) is 9.32. The Bertz CT molecular complexity index is 860. The van der Waals surface area contributed by atoms with E-state index < -0.39 is 53.1 Å². The Morgan fingerprint density at radius 2 is 2.11 bits per heavy atom. The summed E-state index contributed by atoms with van der Waals surface area (Å²) in [4.78, 5) is 40.5. The first-order valence-corrected chi connectivity index (χ1v) is 9.32. The van der Waals surface area contributed by atoms with Crippen molar-refractivity contribution < 1.29 is 33.9 Å². The monoisotopic (exact) mass is 392 g/mol. The van der Waals surface area contributed by atoms with Gasteiger partial charge in [0, 0.05) is 25.8 Å². The van der Waals surface area contributed by atoms with E-state index in [9.17, 15) is 23.9 Å². The van der Waals surface area contributed by atoms with Crippen molar-refractivity contribution in [2.24, 2.45) is 11.8 Å². The lowest BCUT2D eigenvalue weighted by Crippen LogP contribution is -3.00. The van der Waals surface area contributed by atoms with Gasteiger partial charge in [-0.25, -0.2) is 4.39 Å². The van der Waals surface area contributed by atoms with Crippen molar-refractivity contribution in [3.05, 3.63) is 29.6 Å². The van der Waals surface area contributed by atoms with Crippen molar-refractivity contribution in [1.82, 2.24) is 4.90 Å². The number of nitrogens with two attached hydrogens (primary N) is 1. The van der Waals surface area contributed by atoms with Crippen LogP contribution in [0.4, 0.5) is 10.1 Å². The maximum Gasteiger partial charge on any atom is 0.291 e. The van der Waals surface area contributed by atoms with Crippen LogP contribution in [0.15, 0.2) is 18.2 Å². The van der Waals surface area contributed by atoms with Crippen LogP contribution in [0.5, 0.6) is 0 Å². The number of nitrogens with one attached hydrogen (secondary N) is 1. The molecule has 0 unspecified atom stereocenters. The molecule has 4 N–H and O–H groups in total. The van der Waals surface area contributed by atoms with E-state index in [2.05, 4.69) is 5.32 Å². The number of hydrogen-bond acceptors (Lipinski definition) is 5. The first kappa shape index (κ1) is 19.0. The average Bonchev–Trinajstić information content (AvgIpc) is 3.23. The van der Waals surface area contributed by atoms with Gasteiger partial charge < -0.3 is 20.5 Å². The molecule has 3 aliphatic rings. The second-order valence-electron chi connectivity index (χ2n) is 7.68. The van der Waals surface area contributed by atoms with Crippen molar-refractivity contribution >= 4 is 23.4 Å². The Balaban J connectivity index is 1.81. The van der Waals surface area contributed by atoms with E-state index in [4.69, 9.17) is 4.74 Å². The van der Waals surface area contributed by atoms with Gasteiger partial charge >= 0.3 is 0 Å². The molecule has 4 rings (SSSR count). The number of fused-ring (bicyclic) bond motifs is 4. The van der Waals surface area contributed by atoms with Crippen LogP contribution < -0.4 is 10.6 Å². The smallest absolute Gasteiger partial charge is 0.291 e. The van der Waals surface area contributed by atoms with E-state index in [0.717, 1.165) is 4.90 Å². The molecule has 0 aromatic heterocycles. The Labute approximate surface area is 161 Å². The molecule has 3 heterocycles. The van der Waals surface area contributed by atoms with Crippen molar-refractivity contribution in [3.63, 3.8) is 0 Å². The highest BCUT2D eigenvalue weighted by Crippen LogP contribution is 2.49. The zero-order valence-electron chi connectivity index (χ0n) is 15.6. The van der Waals surface area contributed by atoms with Gasteiger partial charge in [0.2, 0.25) is 17.4 Å². The number of rotatable bonds is 5. The highest BCUT2D eigenvalue weighted by molar-refractivity contribution is 6.13. The predicted octanol–water partition coefficient (Wildman–Crippen LogP) is -1.06. The highest BCUT2D eigenvalue weighted by atomic mass is 19.1. The lowest BCUT2D eigenvalue weighted by atomic mass is 9.76. The van der Waals surface area contributed by atoms with Crippen LogP contribution in [0, 0.1) is 17.7 Å². The molecule has 8 nitrogen and oxygen atoms in total. The molecule has 2 saturated heterocycles. The number of anilines is 1. The number of likely N-dealkylation sites (tertiary alicyclic amines) is 1. The summed E-state index contributed by atoms with van der Waals surface area (Å²) < 4.78 is 19.0. The highest BCUT2D eigenvalue weighted by Gasteiger charge is 2.74. The fourth-order valence-corrected chi connectivity index (χ4v) is 4.95. The fraction of sp³-hybridized carbons (Fsp3) is 0.526. The van der Waals surface area contributed by atoms with Crippen molar-refractivity contribution in [2.45, 2.75) is 31.0 Å². The summed E-state index contributed by atoms with van der Waals surface area (Å²) in [5.41, 5.74) is -0.701. The number of carbonyl (C=O) groups is 3. The number of nitrogens with zero attached hydrogens (tertiary/aromatic N) is 1. The van der Waals surface area contributed by atoms with Crippen molar-refractivity contribution in [1.29, 1.82) is 0 Å². The molecular weight excluding hydrogens is 369 g/mol. The first-order chi connectivity index (χ1) is 13.3. The van der Waals surface area contributed by atoms with Crippen LogP contribution in [0.25, 0.3) is 0 Å². The van der Waals surface area contributed by atoms with Gasteiger partial charge in [0.1, 0.15) is 29.8 Å². The molecule has 3 amide bonds. The Hall–Kier alpha value is -2.36. The number of aliphatic hydroxyl groups is 1. The van der Waals surface area contributed by atoms with E-state index in [0.29, 0.717) is 24.3 Å². The van der Waals surface area contributed by atoms with E-state index in [1.54, 1.807) is 5.32 Å². The molecule has 9 heteroatoms. The van der Waals surface area contributed by atoms with Gasteiger partial charge in [0.05, 0.1) is 5.69 Å². The Morgan fingerprint density at radius 1 is 1.36 bits per heavy atom. The SMILES string of the molecule is COCCCN1C(=O)[C@@H]2[C@@H]([C@H](C)O)[NH2+][C@]3(C(=O)Nc4ccc(F)cc43)[C@@H]2C1=O. The molecule has 0 aliphatic carbocycles. The zero-order chi connectivity index (χ0) is 20.2. The van der Waals surface area contributed by atoms with E-state index >= 15 is 0 Å². The lowest BCUT2D eigenvalue weighted by molar-refractivity contribution is -0.738. The summed E-state index contributed by atoms with van der Waals surface area (Å²) in [6.07, 6.45) is -0.464. The van der Waals surface area contributed by atoms with Crippen LogP contribution in [-0.2, 0) is 24.7 Å². The molecule has 5 atom stereocenters. The molecule has 3 aliphatic heterocycles. The Kier molecular flexibility index (Phi) is 4.48. The maximum atomic E-state index is 14.0. The number of halogens is 1. The largest absolute Gasteiger partial charge is 0.387 e. The van der Waals surface area contributed by atoms with E-state index in [-0.39, 0.29) is 6.54 Å². The number of hydrogen-bond donors (Lipinski definition) is 3. The summed E-state index contributed by atoms with van der Waals surface area (Å²) in [5, 5.41) is 14.6. The third-order valence-corrected chi connectivity index (χ3v) is 6.14. The summed E-state index contributed by atoms with van der Waals surface area (Å²) in [5.74, 6) is -3.71. The topological polar surface area (TPSA) is 113 Å². The van der Waals surface area contributed by atoms with Crippen LogP contribution in [-0.4, -0.2) is 60.1 Å². The molecule has 1 aromatic carbocycles. The molecular formula is C19H23FN3O5+. The number of aliphatic hydroxyl groups excluding tert-OH is 1. The average molecular weight is 392 g/mol. The van der Waals surface area contributed by atoms with Crippen LogP contribution in [0.3, 0.4) is 0 Å². The zero-order valence-corrected chi connectivity index (χ0v) is 15.6. The summed E-state index contributed by atoms with van der Waals surface area (Å²) in [7, 11) is 1.53. The summed E-state index contributed by atoms with van der Waals surface area (Å²) in [6.45, 7) is 2.10. The minimum Gasteiger partial charge on any atom is -0.387 e. The van der Waals surface area contributed by atoms with Crippen molar-refractivity contribution in [2.75, 3.05) is 25.6 Å². The van der Waals surface area contributed by atoms with Gasteiger partial charge in [0.25, 0.3) is 5.91 Å². The molecule has 0 bridgehead atoms. The molecule has 1 aromatic rings. The van der Waals surface area contributed by atoms with Gasteiger partial charge in [-0.2, -0.15) is 0 Å². The number of methoxy groups -OCH3 is 1. The molecule has 150 valence electrons. The third kappa shape index (κ3) is 2.43. The molecule has 1 spiro atoms. The minimum absolute atomic E-state index is 0.179. The third-order valence-electron chi connectivity index (χ3n) is 6.14. The van der Waals surface area contributed by atoms with Gasteiger partial charge in [-0.15, -0.1) is 0 Å². The number of amides is 3. The fourth-order valence-electron chi connectivity index (χ4n) is 4.95. The standard InChI is InChI=1S/C19H22FN3O5/c1-9(24)15-13-14(17(26)23(16(13)25)6-3-7-28-2)19(22-15)11-8-10(20)4-5-12(11)21-18(19)27/h4-5,8-9,13-15,22,24H,3,6-7H2,1-2H3,(H,21,27)/p+1/t9-,13-,14-,15+,19-/m0/s1. The second-order valence-corrected chi connectivity index (χ2v) is 7.68. The number of carbonyl (C=O) groups excluding carboxylic acids is 3. The van der Waals surface area contributed by atoms with Gasteiger partial charge in [-0.3, -0.25) is 19.3 Å². The number of imide groups is 1.